The summed E-state index contributed by atoms with van der Waals surface area (Å²) in [5, 5.41) is 15.0. The third kappa shape index (κ3) is 5.32. The molecule has 0 radical (unpaired) electrons. The molecule has 1 aromatic heterocycles. The Hall–Kier alpha value is -3.24. The molecule has 2 heterocycles. The van der Waals surface area contributed by atoms with Crippen LogP contribution >= 0.6 is 11.8 Å². The van der Waals surface area contributed by atoms with Crippen molar-refractivity contribution in [2.75, 3.05) is 12.3 Å². The minimum Gasteiger partial charge on any atom is -0.508 e. The number of rotatable bonds is 7. The quantitative estimate of drug-likeness (QED) is 0.530. The molecule has 1 aliphatic rings. The molecule has 10 heteroatoms. The van der Waals surface area contributed by atoms with E-state index >= 15 is 0 Å². The summed E-state index contributed by atoms with van der Waals surface area (Å²) in [4.78, 5) is 21.6. The van der Waals surface area contributed by atoms with Gasteiger partial charge in [-0.3, -0.25) is 4.79 Å². The van der Waals surface area contributed by atoms with Crippen LogP contribution in [0.25, 0.3) is 0 Å². The Morgan fingerprint density at radius 1 is 1.06 bits per heavy atom. The zero-order valence-corrected chi connectivity index (χ0v) is 18.5. The van der Waals surface area contributed by atoms with E-state index in [0.717, 1.165) is 4.90 Å². The van der Waals surface area contributed by atoms with Crippen molar-refractivity contribution in [3.8, 4) is 5.75 Å². The van der Waals surface area contributed by atoms with Crippen molar-refractivity contribution in [1.82, 2.24) is 15.0 Å². The van der Waals surface area contributed by atoms with Crippen molar-refractivity contribution in [2.24, 2.45) is 11.0 Å². The molecule has 164 valence electrons. The van der Waals surface area contributed by atoms with Crippen LogP contribution in [0.4, 0.5) is 0 Å². The number of aromatic hydroxyl groups is 1. The topological polar surface area (TPSA) is 113 Å². The fourth-order valence-electron chi connectivity index (χ4n) is 3.08. The lowest BCUT2D eigenvalue weighted by Gasteiger charge is -2.14. The zero-order valence-electron chi connectivity index (χ0n) is 16.9. The van der Waals surface area contributed by atoms with E-state index in [4.69, 9.17) is 0 Å². The Balaban J connectivity index is 1.31. The van der Waals surface area contributed by atoms with Crippen molar-refractivity contribution in [3.05, 3.63) is 78.4 Å². The number of nitrogens with zero attached hydrogens (tertiary/aromatic N) is 4. The van der Waals surface area contributed by atoms with Crippen LogP contribution in [0.15, 0.2) is 81.9 Å². The minimum atomic E-state index is -3.52. The molecule has 1 aliphatic heterocycles. The average Bonchev–Trinajstić information content (AvgIpc) is 3.27. The lowest BCUT2D eigenvalue weighted by Crippen LogP contribution is -2.26. The third-order valence-corrected chi connectivity index (χ3v) is 7.59. The number of hydrazone groups is 1. The number of aromatic nitrogens is 2. The van der Waals surface area contributed by atoms with E-state index in [0.29, 0.717) is 17.9 Å². The summed E-state index contributed by atoms with van der Waals surface area (Å²) in [5.41, 5.74) is 0.464. The Morgan fingerprint density at radius 3 is 2.44 bits per heavy atom. The van der Waals surface area contributed by atoms with Gasteiger partial charge in [-0.15, -0.1) is 11.8 Å². The standard InChI is InChI=1S/C22H20N4O4S2/c27-18-4-2-17(3-5-18)22(28)26-13-16(12-25-26)14-31-19-6-8-20(9-7-19)32(29,30)15-21-23-10-1-11-24-21/h1-12,16,27H,13-15H2. The normalized spacial score (nSPS) is 15.8. The molecule has 1 N–H and O–H groups in total. The first-order valence-electron chi connectivity index (χ1n) is 9.77. The smallest absolute Gasteiger partial charge is 0.273 e. The highest BCUT2D eigenvalue weighted by molar-refractivity contribution is 7.99. The fourth-order valence-corrected chi connectivity index (χ4v) is 5.21. The van der Waals surface area contributed by atoms with Gasteiger partial charge >= 0.3 is 0 Å². The number of phenolic OH excluding ortho intramolecular Hbond substituents is 1. The number of hydrogen-bond donors (Lipinski definition) is 1. The minimum absolute atomic E-state index is 0.0831. The molecule has 0 aliphatic carbocycles. The molecule has 0 saturated heterocycles. The van der Waals surface area contributed by atoms with E-state index in [2.05, 4.69) is 15.1 Å². The summed E-state index contributed by atoms with van der Waals surface area (Å²) in [5.74, 6) is 0.688. The van der Waals surface area contributed by atoms with Gasteiger partial charge < -0.3 is 5.11 Å². The van der Waals surface area contributed by atoms with Crippen LogP contribution in [0.1, 0.15) is 16.2 Å². The van der Waals surface area contributed by atoms with Crippen LogP contribution in [0, 0.1) is 5.92 Å². The second-order valence-electron chi connectivity index (χ2n) is 7.17. The summed E-state index contributed by atoms with van der Waals surface area (Å²) in [6.07, 6.45) is 4.79. The van der Waals surface area contributed by atoms with E-state index in [9.17, 15) is 18.3 Å². The summed E-state index contributed by atoms with van der Waals surface area (Å²) in [6, 6.07) is 14.4. The van der Waals surface area contributed by atoms with E-state index in [1.54, 1.807) is 60.4 Å². The van der Waals surface area contributed by atoms with Gasteiger partial charge in [0.1, 0.15) is 17.3 Å². The summed E-state index contributed by atoms with van der Waals surface area (Å²) in [6.45, 7) is 0.469. The number of sulfone groups is 1. The van der Waals surface area contributed by atoms with Gasteiger partial charge in [-0.05, 0) is 54.6 Å². The average molecular weight is 469 g/mol. The molecule has 4 rings (SSSR count). The number of amides is 1. The number of benzene rings is 2. The molecule has 0 bridgehead atoms. The van der Waals surface area contributed by atoms with Gasteiger partial charge in [-0.2, -0.15) is 5.10 Å². The summed E-state index contributed by atoms with van der Waals surface area (Å²) < 4.78 is 25.1. The van der Waals surface area contributed by atoms with E-state index in [1.807, 2.05) is 0 Å². The van der Waals surface area contributed by atoms with Crippen LogP contribution < -0.4 is 0 Å². The highest BCUT2D eigenvalue weighted by Crippen LogP contribution is 2.25. The molecular weight excluding hydrogens is 448 g/mol. The Bertz CT molecular complexity index is 1220. The SMILES string of the molecule is O=C(c1ccc(O)cc1)N1CC(CSc2ccc(S(=O)(=O)Cc3ncccn3)cc2)C=N1. The molecule has 8 nitrogen and oxygen atoms in total. The highest BCUT2D eigenvalue weighted by Gasteiger charge is 2.24. The number of carbonyl (C=O) groups is 1. The van der Waals surface area contributed by atoms with Crippen LogP contribution in [-0.2, 0) is 15.6 Å². The predicted molar refractivity (Wildman–Crippen MR) is 121 cm³/mol. The summed E-state index contributed by atoms with van der Waals surface area (Å²) in [7, 11) is -3.52. The lowest BCUT2D eigenvalue weighted by atomic mass is 10.2. The monoisotopic (exact) mass is 468 g/mol. The maximum atomic E-state index is 12.6. The number of carbonyl (C=O) groups excluding carboxylic acids is 1. The molecular formula is C22H20N4O4S2. The van der Waals surface area contributed by atoms with Crippen molar-refractivity contribution in [1.29, 1.82) is 0 Å². The van der Waals surface area contributed by atoms with Crippen molar-refractivity contribution < 1.29 is 18.3 Å². The third-order valence-electron chi connectivity index (χ3n) is 4.76. The Labute approximate surface area is 189 Å². The second kappa shape index (κ2) is 9.49. The number of hydrogen-bond acceptors (Lipinski definition) is 8. The van der Waals surface area contributed by atoms with Crippen LogP contribution in [0.3, 0.4) is 0 Å². The van der Waals surface area contributed by atoms with Crippen LogP contribution in [-0.4, -0.2) is 52.9 Å². The van der Waals surface area contributed by atoms with Crippen molar-refractivity contribution >= 4 is 33.7 Å². The van der Waals surface area contributed by atoms with Crippen molar-refractivity contribution in [3.63, 3.8) is 0 Å². The second-order valence-corrected chi connectivity index (χ2v) is 10.2. The molecule has 32 heavy (non-hydrogen) atoms. The molecule has 2 aromatic carbocycles. The van der Waals surface area contributed by atoms with Crippen LogP contribution in [0.2, 0.25) is 0 Å². The number of thioether (sulfide) groups is 1. The van der Waals surface area contributed by atoms with E-state index in [-0.39, 0.29) is 34.0 Å². The first-order valence-corrected chi connectivity index (χ1v) is 12.4. The largest absolute Gasteiger partial charge is 0.508 e. The van der Waals surface area contributed by atoms with E-state index < -0.39 is 9.84 Å². The first-order chi connectivity index (χ1) is 15.4. The molecule has 0 saturated carbocycles. The zero-order chi connectivity index (χ0) is 22.6. The summed E-state index contributed by atoms with van der Waals surface area (Å²) >= 11 is 1.57. The van der Waals surface area contributed by atoms with E-state index in [1.165, 1.54) is 29.5 Å². The van der Waals surface area contributed by atoms with Gasteiger partial charge in [-0.25, -0.2) is 23.4 Å². The van der Waals surface area contributed by atoms with Gasteiger partial charge in [0, 0.05) is 40.7 Å². The Kier molecular flexibility index (Phi) is 6.52. The molecule has 1 unspecified atom stereocenters. The maximum Gasteiger partial charge on any atom is 0.273 e. The van der Waals surface area contributed by atoms with Gasteiger partial charge in [0.15, 0.2) is 9.84 Å². The Morgan fingerprint density at radius 2 is 1.75 bits per heavy atom. The molecule has 1 amide bonds. The fraction of sp³-hybridized carbons (Fsp3) is 0.182. The van der Waals surface area contributed by atoms with Gasteiger partial charge in [0.2, 0.25) is 0 Å². The highest BCUT2D eigenvalue weighted by atomic mass is 32.2. The maximum absolute atomic E-state index is 12.6. The predicted octanol–water partition coefficient (Wildman–Crippen LogP) is 3.01. The molecule has 1 atom stereocenters. The first kappa shape index (κ1) is 22.0. The van der Waals surface area contributed by atoms with Crippen molar-refractivity contribution in [2.45, 2.75) is 15.5 Å². The number of phenols is 1. The van der Waals surface area contributed by atoms with Gasteiger partial charge in [-0.1, -0.05) is 0 Å². The van der Waals surface area contributed by atoms with Gasteiger partial charge in [0.25, 0.3) is 5.91 Å². The lowest BCUT2D eigenvalue weighted by molar-refractivity contribution is 0.0770. The molecule has 0 spiro atoms. The van der Waals surface area contributed by atoms with Crippen LogP contribution in [0.5, 0.6) is 5.75 Å². The molecule has 3 aromatic rings. The van der Waals surface area contributed by atoms with Gasteiger partial charge in [0.05, 0.1) is 11.4 Å². The molecule has 0 fully saturated rings.